The van der Waals surface area contributed by atoms with Crippen molar-refractivity contribution in [3.05, 3.63) is 42.5 Å². The molecule has 3 aromatic rings. The first-order valence-corrected chi connectivity index (χ1v) is 6.25. The zero-order valence-corrected chi connectivity index (χ0v) is 10.1. The van der Waals surface area contributed by atoms with E-state index >= 15 is 0 Å². The summed E-state index contributed by atoms with van der Waals surface area (Å²) in [6.07, 6.45) is 3.65. The summed E-state index contributed by atoms with van der Waals surface area (Å²) >= 11 is 1.58. The molecule has 4 nitrogen and oxygen atoms in total. The van der Waals surface area contributed by atoms with Crippen LogP contribution in [-0.4, -0.2) is 14.5 Å². The molecular weight excluding hydrogens is 234 g/mol. The van der Waals surface area contributed by atoms with Crippen LogP contribution in [0, 0.1) is 0 Å². The van der Waals surface area contributed by atoms with Crippen molar-refractivity contribution in [2.45, 2.75) is 11.0 Å². The lowest BCUT2D eigenvalue weighted by molar-refractivity contribution is 0.489. The molecule has 0 aliphatic heterocycles. The van der Waals surface area contributed by atoms with E-state index in [1.54, 1.807) is 18.1 Å². The van der Waals surface area contributed by atoms with Crippen molar-refractivity contribution in [3.63, 3.8) is 0 Å². The molecule has 2 aromatic heterocycles. The molecule has 0 saturated heterocycles. The van der Waals surface area contributed by atoms with Crippen LogP contribution in [-0.2, 0) is 12.8 Å². The Morgan fingerprint density at radius 3 is 3.00 bits per heavy atom. The second-order valence-electron chi connectivity index (χ2n) is 3.73. The van der Waals surface area contributed by atoms with Gasteiger partial charge in [0.25, 0.3) is 5.22 Å². The average molecular weight is 245 g/mol. The Labute approximate surface area is 103 Å². The van der Waals surface area contributed by atoms with Gasteiger partial charge in [0.15, 0.2) is 5.58 Å². The Hall–Kier alpha value is -1.75. The van der Waals surface area contributed by atoms with E-state index in [4.69, 9.17) is 4.42 Å². The highest BCUT2D eigenvalue weighted by atomic mass is 32.2. The zero-order chi connectivity index (χ0) is 11.7. The van der Waals surface area contributed by atoms with Gasteiger partial charge in [-0.2, -0.15) is 0 Å². The van der Waals surface area contributed by atoms with Gasteiger partial charge in [0.2, 0.25) is 0 Å². The van der Waals surface area contributed by atoms with Crippen molar-refractivity contribution in [3.8, 4) is 0 Å². The molecule has 5 heteroatoms. The SMILES string of the molecule is Cn1cncc1CSc1nc2ccccc2o1. The van der Waals surface area contributed by atoms with Gasteiger partial charge in [0, 0.05) is 24.7 Å². The predicted octanol–water partition coefficient (Wildman–Crippen LogP) is 2.85. The zero-order valence-electron chi connectivity index (χ0n) is 9.33. The van der Waals surface area contributed by atoms with E-state index in [1.165, 1.54) is 0 Å². The lowest BCUT2D eigenvalue weighted by Crippen LogP contribution is -1.91. The van der Waals surface area contributed by atoms with Gasteiger partial charge in [-0.15, -0.1) is 0 Å². The number of fused-ring (bicyclic) bond motifs is 1. The topological polar surface area (TPSA) is 43.9 Å². The maximum Gasteiger partial charge on any atom is 0.257 e. The third kappa shape index (κ3) is 2.06. The second-order valence-corrected chi connectivity index (χ2v) is 4.66. The fourth-order valence-electron chi connectivity index (χ4n) is 1.57. The molecule has 17 heavy (non-hydrogen) atoms. The molecule has 3 rings (SSSR count). The van der Waals surface area contributed by atoms with Crippen molar-refractivity contribution in [2.75, 3.05) is 0 Å². The van der Waals surface area contributed by atoms with E-state index in [9.17, 15) is 0 Å². The van der Waals surface area contributed by atoms with Crippen LogP contribution in [0.5, 0.6) is 0 Å². The van der Waals surface area contributed by atoms with Crippen LogP contribution in [0.2, 0.25) is 0 Å². The quantitative estimate of drug-likeness (QED) is 0.665. The summed E-state index contributed by atoms with van der Waals surface area (Å²) in [5.41, 5.74) is 2.89. The minimum Gasteiger partial charge on any atom is -0.431 e. The number of benzene rings is 1. The molecule has 0 bridgehead atoms. The first-order chi connectivity index (χ1) is 8.33. The number of para-hydroxylation sites is 2. The Balaban J connectivity index is 1.79. The van der Waals surface area contributed by atoms with Crippen LogP contribution >= 0.6 is 11.8 Å². The van der Waals surface area contributed by atoms with Crippen molar-refractivity contribution in [1.82, 2.24) is 14.5 Å². The van der Waals surface area contributed by atoms with Crippen molar-refractivity contribution in [2.24, 2.45) is 7.05 Å². The van der Waals surface area contributed by atoms with Gasteiger partial charge in [0.05, 0.1) is 6.33 Å². The molecule has 0 saturated carbocycles. The molecule has 1 aromatic carbocycles. The highest BCUT2D eigenvalue weighted by Crippen LogP contribution is 2.25. The lowest BCUT2D eigenvalue weighted by atomic mass is 10.3. The van der Waals surface area contributed by atoms with Crippen LogP contribution in [0.3, 0.4) is 0 Å². The molecule has 0 fully saturated rings. The minimum atomic E-state index is 0.701. The number of imidazole rings is 1. The van der Waals surface area contributed by atoms with Gasteiger partial charge in [-0.3, -0.25) is 0 Å². The first-order valence-electron chi connectivity index (χ1n) is 5.26. The monoisotopic (exact) mass is 245 g/mol. The fraction of sp³-hybridized carbons (Fsp3) is 0.167. The van der Waals surface area contributed by atoms with Gasteiger partial charge in [-0.25, -0.2) is 9.97 Å². The lowest BCUT2D eigenvalue weighted by Gasteiger charge is -1.98. The Bertz CT molecular complexity index is 611. The van der Waals surface area contributed by atoms with Crippen molar-refractivity contribution >= 4 is 22.9 Å². The summed E-state index contributed by atoms with van der Waals surface area (Å²) in [6, 6.07) is 7.78. The summed E-state index contributed by atoms with van der Waals surface area (Å²) in [5.74, 6) is 0.809. The molecule has 0 unspecified atom stereocenters. The van der Waals surface area contributed by atoms with Crippen LogP contribution in [0.1, 0.15) is 5.69 Å². The standard InChI is InChI=1S/C12H11N3OS/c1-15-8-13-6-9(15)7-17-12-14-10-4-2-3-5-11(10)16-12/h2-6,8H,7H2,1H3. The largest absolute Gasteiger partial charge is 0.431 e. The van der Waals surface area contributed by atoms with E-state index in [1.807, 2.05) is 42.1 Å². The number of thioether (sulfide) groups is 1. The number of hydrogen-bond donors (Lipinski definition) is 0. The highest BCUT2D eigenvalue weighted by Gasteiger charge is 2.07. The number of nitrogens with zero attached hydrogens (tertiary/aromatic N) is 3. The molecule has 2 heterocycles. The summed E-state index contributed by atoms with van der Waals surface area (Å²) < 4.78 is 7.62. The molecule has 0 spiro atoms. The van der Waals surface area contributed by atoms with E-state index in [-0.39, 0.29) is 0 Å². The second kappa shape index (κ2) is 4.25. The van der Waals surface area contributed by atoms with E-state index in [2.05, 4.69) is 9.97 Å². The van der Waals surface area contributed by atoms with Crippen molar-refractivity contribution < 1.29 is 4.42 Å². The third-order valence-corrected chi connectivity index (χ3v) is 3.40. The predicted molar refractivity (Wildman–Crippen MR) is 66.8 cm³/mol. The fourth-order valence-corrected chi connectivity index (χ4v) is 2.43. The van der Waals surface area contributed by atoms with E-state index in [0.29, 0.717) is 5.22 Å². The molecule has 0 aliphatic rings. The van der Waals surface area contributed by atoms with Gasteiger partial charge in [0.1, 0.15) is 5.52 Å². The summed E-state index contributed by atoms with van der Waals surface area (Å²) in [5, 5.41) is 0.701. The Kier molecular flexibility index (Phi) is 2.60. The van der Waals surface area contributed by atoms with Crippen LogP contribution in [0.15, 0.2) is 46.4 Å². The van der Waals surface area contributed by atoms with Gasteiger partial charge in [-0.1, -0.05) is 23.9 Å². The number of oxazole rings is 1. The molecule has 0 atom stereocenters. The van der Waals surface area contributed by atoms with Crippen LogP contribution in [0.4, 0.5) is 0 Å². The minimum absolute atomic E-state index is 0.701. The maximum atomic E-state index is 5.63. The Morgan fingerprint density at radius 2 is 2.24 bits per heavy atom. The number of aryl methyl sites for hydroxylation is 1. The molecular formula is C12H11N3OS. The smallest absolute Gasteiger partial charge is 0.257 e. The first kappa shape index (κ1) is 10.4. The average Bonchev–Trinajstić information content (AvgIpc) is 2.92. The van der Waals surface area contributed by atoms with Gasteiger partial charge < -0.3 is 8.98 Å². The highest BCUT2D eigenvalue weighted by molar-refractivity contribution is 7.98. The maximum absolute atomic E-state index is 5.63. The third-order valence-electron chi connectivity index (χ3n) is 2.53. The molecule has 0 radical (unpaired) electrons. The summed E-state index contributed by atoms with van der Waals surface area (Å²) in [4.78, 5) is 8.48. The summed E-state index contributed by atoms with van der Waals surface area (Å²) in [6.45, 7) is 0. The van der Waals surface area contributed by atoms with Gasteiger partial charge >= 0.3 is 0 Å². The molecule has 0 amide bonds. The number of hydrogen-bond acceptors (Lipinski definition) is 4. The Morgan fingerprint density at radius 1 is 1.35 bits per heavy atom. The van der Waals surface area contributed by atoms with E-state index < -0.39 is 0 Å². The van der Waals surface area contributed by atoms with E-state index in [0.717, 1.165) is 22.5 Å². The normalized spacial score (nSPS) is 11.1. The molecule has 86 valence electrons. The molecule has 0 N–H and O–H groups in total. The number of rotatable bonds is 3. The molecule has 0 aliphatic carbocycles. The van der Waals surface area contributed by atoms with Crippen LogP contribution in [0.25, 0.3) is 11.1 Å². The number of aromatic nitrogens is 3. The van der Waals surface area contributed by atoms with Crippen LogP contribution < -0.4 is 0 Å². The van der Waals surface area contributed by atoms with Crippen molar-refractivity contribution in [1.29, 1.82) is 0 Å². The van der Waals surface area contributed by atoms with Gasteiger partial charge in [-0.05, 0) is 12.1 Å². The summed E-state index contributed by atoms with van der Waals surface area (Å²) in [7, 11) is 1.98.